The number of nitrogens with one attached hydrogen (secondary N) is 1. The molecule has 3 aliphatic rings. The number of alkyl halides is 3. The summed E-state index contributed by atoms with van der Waals surface area (Å²) in [5.74, 6) is -0.489. The molecule has 1 aliphatic heterocycles. The first-order chi connectivity index (χ1) is 28.9. The maximum atomic E-state index is 14.3. The van der Waals surface area contributed by atoms with Crippen LogP contribution in [0.5, 0.6) is 0 Å². The molecule has 0 amide bonds. The van der Waals surface area contributed by atoms with E-state index >= 15 is 0 Å². The Kier molecular flexibility index (Phi) is 9.56. The monoisotopic (exact) mass is 825 g/mol. The molecule has 5 aromatic carbocycles. The van der Waals surface area contributed by atoms with Crippen LogP contribution in [0.25, 0.3) is 39.4 Å². The van der Waals surface area contributed by atoms with Crippen molar-refractivity contribution >= 4 is 56.1 Å². The largest absolute Gasteiger partial charge is 0.435 e. The molecule has 5 N–H and O–H groups in total. The Bertz CT molecular complexity index is 3320. The Labute approximate surface area is 340 Å². The van der Waals surface area contributed by atoms with E-state index in [2.05, 4.69) is 20.6 Å². The molecule has 2 aliphatic carbocycles. The highest BCUT2D eigenvalue weighted by molar-refractivity contribution is 7.89. The topological polar surface area (TPSA) is 171 Å². The minimum Gasteiger partial charge on any atom is -0.380 e. The number of nitrogen functional groups attached to an aromatic ring is 1. The summed E-state index contributed by atoms with van der Waals surface area (Å²) in [6.45, 7) is 0. The van der Waals surface area contributed by atoms with Crippen LogP contribution in [0.4, 0.5) is 24.7 Å². The van der Waals surface area contributed by atoms with Crippen LogP contribution in [-0.2, 0) is 29.0 Å². The third-order valence-electron chi connectivity index (χ3n) is 10.8. The highest BCUT2D eigenvalue weighted by Crippen LogP contribution is 2.33. The highest BCUT2D eigenvalue weighted by atomic mass is 32.2. The van der Waals surface area contributed by atoms with Gasteiger partial charge in [-0.25, -0.2) is 18.2 Å². The average Bonchev–Trinajstić information content (AvgIpc) is 3.79. The number of halogens is 3. The molecular formula is C45H34F3N7O4S. The summed E-state index contributed by atoms with van der Waals surface area (Å²) < 4.78 is 72.8. The number of carbonyl (C=O) groups is 1. The molecule has 15 heteroatoms. The third kappa shape index (κ3) is 6.96. The van der Waals surface area contributed by atoms with Crippen molar-refractivity contribution in [3.8, 4) is 16.8 Å². The van der Waals surface area contributed by atoms with Gasteiger partial charge in [0, 0.05) is 47.1 Å². The zero-order valence-corrected chi connectivity index (χ0v) is 32.4. The van der Waals surface area contributed by atoms with E-state index in [1.54, 1.807) is 24.4 Å². The summed E-state index contributed by atoms with van der Waals surface area (Å²) in [5, 5.41) is 20.0. The van der Waals surface area contributed by atoms with Gasteiger partial charge in [0.2, 0.25) is 15.8 Å². The molecule has 7 aromatic rings. The number of nitrogens with zero attached hydrogens (tertiary/aromatic N) is 4. The van der Waals surface area contributed by atoms with Gasteiger partial charge in [-0.1, -0.05) is 78.0 Å². The van der Waals surface area contributed by atoms with Gasteiger partial charge in [0.15, 0.2) is 17.1 Å². The number of hydrogen-bond donors (Lipinski definition) is 3. The number of ketones is 1. The Morgan fingerprint density at radius 2 is 1.63 bits per heavy atom. The molecule has 0 radical (unpaired) electrons. The van der Waals surface area contributed by atoms with Crippen molar-refractivity contribution in [2.75, 3.05) is 11.1 Å². The normalized spacial score (nSPS) is 14.1. The minimum absolute atomic E-state index is 0.0311. The van der Waals surface area contributed by atoms with Crippen LogP contribution < -0.4 is 26.6 Å². The quantitative estimate of drug-likeness (QED) is 0.157. The number of aromatic nitrogens is 3. The lowest BCUT2D eigenvalue weighted by Crippen LogP contribution is -2.27. The molecular weight excluding hydrogens is 792 g/mol. The lowest BCUT2D eigenvalue weighted by molar-refractivity contribution is -0.141. The number of rotatable bonds is 5. The number of nitrogens with two attached hydrogens (primary N) is 2. The molecule has 0 spiro atoms. The zero-order chi connectivity index (χ0) is 41.8. The van der Waals surface area contributed by atoms with Crippen LogP contribution in [-0.4, -0.2) is 35.4 Å². The van der Waals surface area contributed by atoms with Crippen molar-refractivity contribution in [1.82, 2.24) is 14.9 Å². The van der Waals surface area contributed by atoms with E-state index in [-0.39, 0.29) is 22.1 Å². The second-order valence-corrected chi connectivity index (χ2v) is 15.9. The van der Waals surface area contributed by atoms with Gasteiger partial charge in [-0.2, -0.15) is 18.3 Å². The van der Waals surface area contributed by atoms with E-state index < -0.39 is 27.7 Å². The van der Waals surface area contributed by atoms with Crippen LogP contribution in [0, 0.1) is 10.4 Å². The number of benzene rings is 5. The van der Waals surface area contributed by atoms with E-state index in [9.17, 15) is 26.4 Å². The first-order valence-electron chi connectivity index (χ1n) is 18.9. The minimum atomic E-state index is -4.79. The average molecular weight is 826 g/mol. The molecule has 0 saturated carbocycles. The fourth-order valence-corrected chi connectivity index (χ4v) is 8.85. The van der Waals surface area contributed by atoms with Gasteiger partial charge < -0.3 is 15.6 Å². The van der Waals surface area contributed by atoms with Gasteiger partial charge in [-0.3, -0.25) is 9.79 Å². The van der Waals surface area contributed by atoms with Gasteiger partial charge in [-0.05, 0) is 93.6 Å². The van der Waals surface area contributed by atoms with Gasteiger partial charge >= 0.3 is 6.18 Å². The number of primary sulfonamides is 1. The molecule has 60 heavy (non-hydrogen) atoms. The molecule has 11 nitrogen and oxygen atoms in total. The first-order valence-corrected chi connectivity index (χ1v) is 20.4. The number of aliphatic imine (C=N–C) groups is 1. The van der Waals surface area contributed by atoms with E-state index in [0.717, 1.165) is 54.3 Å². The van der Waals surface area contributed by atoms with Crippen LogP contribution in [0.15, 0.2) is 130 Å². The summed E-state index contributed by atoms with van der Waals surface area (Å²) in [5.41, 5.74) is 10.9. The molecule has 2 aromatic heterocycles. The first kappa shape index (κ1) is 38.4. The van der Waals surface area contributed by atoms with Crippen LogP contribution in [0.2, 0.25) is 0 Å². The standard InChI is InChI=1S/C36H26F3N5O4S.C9H8N2/c37-36(38,39)33-18-30(44(42-33)19-11-16-31-29(17-19)35(40)43-48-31)34(45)28-9-4-7-21-25-13-12-23-20(24(25)14-15-26(21)28)6-3-8-22(23)27-5-1-2-10-32(27)49(41,46)47;1-2-4-9-8(3-1)7-10-5-6-11-9/h1-3,5-6,8,10-12,14-18H,4,7,9,13H2,(H2,40,43)(H2,41,46,47);1-7,11H. The molecule has 0 fully saturated rings. The highest BCUT2D eigenvalue weighted by Gasteiger charge is 2.37. The fraction of sp³-hybridized carbons (Fsp3) is 0.111. The zero-order valence-electron chi connectivity index (χ0n) is 31.6. The van der Waals surface area contributed by atoms with Crippen molar-refractivity contribution in [1.29, 1.82) is 0 Å². The number of fused-ring (bicyclic) bond motifs is 6. The van der Waals surface area contributed by atoms with Gasteiger partial charge in [-0.15, -0.1) is 0 Å². The second-order valence-electron chi connectivity index (χ2n) is 14.4. The summed E-state index contributed by atoms with van der Waals surface area (Å²) in [6.07, 6.45) is 4.85. The maximum absolute atomic E-state index is 14.3. The molecule has 3 heterocycles. The van der Waals surface area contributed by atoms with Gasteiger partial charge in [0.25, 0.3) is 0 Å². The Balaban J connectivity index is 0.000000363. The lowest BCUT2D eigenvalue weighted by atomic mass is 9.83. The summed E-state index contributed by atoms with van der Waals surface area (Å²) >= 11 is 0. The lowest BCUT2D eigenvalue weighted by Gasteiger charge is -2.21. The third-order valence-corrected chi connectivity index (χ3v) is 11.8. The summed E-state index contributed by atoms with van der Waals surface area (Å²) in [7, 11) is -3.98. The molecule has 0 unspecified atom stereocenters. The number of hydrogen-bond acceptors (Lipinski definition) is 9. The predicted octanol–water partition coefficient (Wildman–Crippen LogP) is 6.92. The predicted molar refractivity (Wildman–Crippen MR) is 223 cm³/mol. The number of Topliss-reactive ketones (excluding diaryl/α,β-unsaturated/α-hetero) is 1. The van der Waals surface area contributed by atoms with Crippen molar-refractivity contribution in [2.45, 2.75) is 36.8 Å². The SMILES string of the molecule is C1=CNc2ccccc2C=N1.Nc1noc2ccc(-n3nc(C(F)(F)F)cc3C(=O)C3=c4ccc5c(c4CCC3)CC=c3c(-c4ccccc4S(N)(=O)=O)cccc3=5)cc12. The van der Waals surface area contributed by atoms with Crippen LogP contribution in [0.3, 0.4) is 0 Å². The van der Waals surface area contributed by atoms with Crippen molar-refractivity contribution in [3.05, 3.63) is 164 Å². The van der Waals surface area contributed by atoms with Crippen LogP contribution >= 0.6 is 0 Å². The number of para-hydroxylation sites is 1. The van der Waals surface area contributed by atoms with Crippen LogP contribution in [0.1, 0.15) is 45.7 Å². The number of sulfonamides is 1. The Hall–Kier alpha value is -7.10. The van der Waals surface area contributed by atoms with Crippen molar-refractivity contribution in [2.24, 2.45) is 10.1 Å². The molecule has 0 saturated heterocycles. The van der Waals surface area contributed by atoms with E-state index in [1.165, 1.54) is 24.3 Å². The van der Waals surface area contributed by atoms with Crippen molar-refractivity contribution in [3.63, 3.8) is 0 Å². The summed E-state index contributed by atoms with van der Waals surface area (Å²) in [4.78, 5) is 18.3. The molecule has 10 rings (SSSR count). The number of carbonyl (C=O) groups excluding carboxylic acids is 1. The van der Waals surface area contributed by atoms with E-state index in [4.69, 9.17) is 15.4 Å². The van der Waals surface area contributed by atoms with Gasteiger partial charge in [0.1, 0.15) is 5.69 Å². The van der Waals surface area contributed by atoms with Crippen molar-refractivity contribution < 1.29 is 30.9 Å². The fourth-order valence-electron chi connectivity index (χ4n) is 8.10. The number of anilines is 2. The Morgan fingerprint density at radius 1 is 0.850 bits per heavy atom. The Morgan fingerprint density at radius 3 is 2.47 bits per heavy atom. The molecule has 300 valence electrons. The molecule has 0 bridgehead atoms. The van der Waals surface area contributed by atoms with E-state index in [0.29, 0.717) is 53.0 Å². The maximum Gasteiger partial charge on any atom is 0.435 e. The van der Waals surface area contributed by atoms with E-state index in [1.807, 2.05) is 73.1 Å². The summed E-state index contributed by atoms with van der Waals surface area (Å²) in [6, 6.07) is 29.4. The molecule has 0 atom stereocenters. The smallest absolute Gasteiger partial charge is 0.380 e. The van der Waals surface area contributed by atoms with Gasteiger partial charge in [0.05, 0.1) is 16.0 Å². The second kappa shape index (κ2) is 14.9.